The highest BCUT2D eigenvalue weighted by Gasteiger charge is 2.33. The highest BCUT2D eigenvalue weighted by Crippen LogP contribution is 2.24. The molecule has 0 N–H and O–H groups in total. The Hall–Kier alpha value is -0.840. The first-order valence-corrected chi connectivity index (χ1v) is 7.96. The number of carbonyl (C=O) groups is 1. The van der Waals surface area contributed by atoms with Gasteiger partial charge in [-0.25, -0.2) is 0 Å². The smallest absolute Gasteiger partial charge is 0.262 e. The Bertz CT molecular complexity index is 520. The van der Waals surface area contributed by atoms with Crippen LogP contribution in [0, 0.1) is 5.41 Å². The second-order valence-corrected chi connectivity index (χ2v) is 6.40. The minimum absolute atomic E-state index is 0.188. The molecule has 0 aliphatic carbocycles. The number of alkyl halides is 1. The lowest BCUT2D eigenvalue weighted by Gasteiger charge is -2.30. The van der Waals surface area contributed by atoms with Gasteiger partial charge in [-0.15, -0.1) is 11.6 Å². The van der Waals surface area contributed by atoms with E-state index in [0.717, 1.165) is 5.56 Å². The van der Waals surface area contributed by atoms with Crippen LogP contribution in [0.1, 0.15) is 32.8 Å². The van der Waals surface area contributed by atoms with Crippen molar-refractivity contribution in [3.8, 4) is 0 Å². The molecule has 0 atom stereocenters. The van der Waals surface area contributed by atoms with Crippen LogP contribution in [-0.2, 0) is 16.2 Å². The zero-order valence-electron chi connectivity index (χ0n) is 12.4. The Morgan fingerprint density at radius 1 is 1.38 bits per heavy atom. The van der Waals surface area contributed by atoms with Gasteiger partial charge in [-0.1, -0.05) is 36.7 Å². The number of rotatable bonds is 5. The number of hydrogen-bond acceptors (Lipinski definition) is 3. The van der Waals surface area contributed by atoms with Crippen molar-refractivity contribution in [1.29, 1.82) is 0 Å². The predicted octanol–water partition coefficient (Wildman–Crippen LogP) is 4.60. The van der Waals surface area contributed by atoms with E-state index in [4.69, 9.17) is 40.3 Å². The maximum atomic E-state index is 12.6. The molecular weight excluding hydrogens is 329 g/mol. The van der Waals surface area contributed by atoms with Crippen molar-refractivity contribution in [2.45, 2.75) is 33.7 Å². The van der Waals surface area contributed by atoms with Gasteiger partial charge in [0.25, 0.3) is 5.91 Å². The van der Waals surface area contributed by atoms with Crippen molar-refractivity contribution in [3.63, 3.8) is 0 Å². The molecule has 0 aromatic heterocycles. The predicted molar refractivity (Wildman–Crippen MR) is 90.5 cm³/mol. The molecule has 1 aromatic rings. The third-order valence-electron chi connectivity index (χ3n) is 2.91. The average Bonchev–Trinajstić information content (AvgIpc) is 2.47. The number of hydroxylamine groups is 2. The van der Waals surface area contributed by atoms with Gasteiger partial charge in [-0.05, 0) is 37.7 Å². The molecule has 0 saturated heterocycles. The standard InChI is InChI=1S/C15H19Cl2NO2S/c1-4-13(21)20-18(14(19)15(2,3)10-16)9-11-7-5-6-8-12(11)17/h5-8H,4,9-10H2,1-3H3. The lowest BCUT2D eigenvalue weighted by Crippen LogP contribution is -2.42. The summed E-state index contributed by atoms with van der Waals surface area (Å²) in [5.41, 5.74) is 0.0448. The van der Waals surface area contributed by atoms with E-state index in [1.165, 1.54) is 5.06 Å². The first kappa shape index (κ1) is 18.2. The monoisotopic (exact) mass is 347 g/mol. The summed E-state index contributed by atoms with van der Waals surface area (Å²) in [4.78, 5) is 18.1. The van der Waals surface area contributed by atoms with Crippen molar-refractivity contribution in [1.82, 2.24) is 5.06 Å². The minimum atomic E-state index is -0.744. The zero-order valence-corrected chi connectivity index (χ0v) is 14.7. The van der Waals surface area contributed by atoms with Crippen LogP contribution < -0.4 is 0 Å². The second-order valence-electron chi connectivity index (χ2n) is 5.27. The number of hydrogen-bond donors (Lipinski definition) is 0. The number of nitrogens with zero attached hydrogens (tertiary/aromatic N) is 1. The topological polar surface area (TPSA) is 29.5 Å². The summed E-state index contributed by atoms with van der Waals surface area (Å²) in [6.07, 6.45) is 0.545. The zero-order chi connectivity index (χ0) is 16.0. The summed E-state index contributed by atoms with van der Waals surface area (Å²) >= 11 is 17.1. The van der Waals surface area contributed by atoms with Crippen LogP contribution in [0.15, 0.2) is 24.3 Å². The van der Waals surface area contributed by atoms with E-state index in [1.54, 1.807) is 19.9 Å². The average molecular weight is 348 g/mol. The normalized spacial score (nSPS) is 11.1. The van der Waals surface area contributed by atoms with E-state index in [-0.39, 0.29) is 18.3 Å². The molecule has 0 unspecified atom stereocenters. The van der Waals surface area contributed by atoms with Gasteiger partial charge in [-0.2, -0.15) is 5.06 Å². The molecule has 0 aliphatic heterocycles. The molecule has 0 aliphatic rings. The van der Waals surface area contributed by atoms with Gasteiger partial charge in [0.2, 0.25) is 0 Å². The lowest BCUT2D eigenvalue weighted by molar-refractivity contribution is -0.171. The maximum Gasteiger partial charge on any atom is 0.262 e. The van der Waals surface area contributed by atoms with Gasteiger partial charge in [0.1, 0.15) is 0 Å². The summed E-state index contributed by atoms with van der Waals surface area (Å²) in [5.74, 6) is -0.0409. The first-order valence-electron chi connectivity index (χ1n) is 6.64. The lowest BCUT2D eigenvalue weighted by atomic mass is 9.95. The fraction of sp³-hybridized carbons (Fsp3) is 0.467. The molecule has 0 heterocycles. The summed E-state index contributed by atoms with van der Waals surface area (Å²) < 4.78 is 0. The second kappa shape index (κ2) is 7.97. The summed E-state index contributed by atoms with van der Waals surface area (Å²) in [5, 5.41) is 2.17. The number of amides is 1. The van der Waals surface area contributed by atoms with Gasteiger partial charge in [0.05, 0.1) is 12.0 Å². The molecule has 1 amide bonds. The Morgan fingerprint density at radius 2 is 2.00 bits per heavy atom. The van der Waals surface area contributed by atoms with Crippen LogP contribution in [0.2, 0.25) is 5.02 Å². The summed E-state index contributed by atoms with van der Waals surface area (Å²) in [6.45, 7) is 5.62. The third-order valence-corrected chi connectivity index (χ3v) is 4.31. The minimum Gasteiger partial charge on any atom is -0.369 e. The fourth-order valence-corrected chi connectivity index (χ4v) is 1.91. The molecule has 0 radical (unpaired) electrons. The molecule has 116 valence electrons. The summed E-state index contributed by atoms with van der Waals surface area (Å²) in [7, 11) is 0. The van der Waals surface area contributed by atoms with E-state index in [2.05, 4.69) is 0 Å². The van der Waals surface area contributed by atoms with Crippen LogP contribution in [0.4, 0.5) is 0 Å². The molecule has 0 bridgehead atoms. The van der Waals surface area contributed by atoms with Crippen molar-refractivity contribution < 1.29 is 9.63 Å². The molecule has 6 heteroatoms. The third kappa shape index (κ3) is 5.13. The van der Waals surface area contributed by atoms with Crippen molar-refractivity contribution in [3.05, 3.63) is 34.9 Å². The largest absolute Gasteiger partial charge is 0.369 e. The quantitative estimate of drug-likeness (QED) is 0.442. The summed E-state index contributed by atoms with van der Waals surface area (Å²) in [6, 6.07) is 7.30. The van der Waals surface area contributed by atoms with Crippen LogP contribution in [0.25, 0.3) is 0 Å². The number of benzene rings is 1. The number of thiocarbonyl (C=S) groups is 1. The molecule has 1 rings (SSSR count). The molecule has 0 saturated carbocycles. The molecule has 0 spiro atoms. The first-order chi connectivity index (χ1) is 9.81. The van der Waals surface area contributed by atoms with E-state index in [0.29, 0.717) is 16.5 Å². The Balaban J connectivity index is 3.00. The molecular formula is C15H19Cl2NO2S. The maximum absolute atomic E-state index is 12.6. The highest BCUT2D eigenvalue weighted by atomic mass is 35.5. The van der Waals surface area contributed by atoms with Crippen molar-refractivity contribution in [2.75, 3.05) is 5.88 Å². The molecule has 1 aromatic carbocycles. The van der Waals surface area contributed by atoms with Crippen LogP contribution in [0.5, 0.6) is 0 Å². The highest BCUT2D eigenvalue weighted by molar-refractivity contribution is 7.80. The van der Waals surface area contributed by atoms with E-state index in [9.17, 15) is 4.79 Å². The van der Waals surface area contributed by atoms with Crippen LogP contribution in [0.3, 0.4) is 0 Å². The van der Waals surface area contributed by atoms with E-state index >= 15 is 0 Å². The SMILES string of the molecule is CCC(=S)ON(Cc1ccccc1Cl)C(=O)C(C)(C)CCl. The number of halogens is 2. The van der Waals surface area contributed by atoms with Gasteiger partial charge < -0.3 is 4.84 Å². The Kier molecular flexibility index (Phi) is 6.91. The van der Waals surface area contributed by atoms with Crippen LogP contribution in [-0.4, -0.2) is 21.9 Å². The van der Waals surface area contributed by atoms with E-state index in [1.807, 2.05) is 25.1 Å². The van der Waals surface area contributed by atoms with Crippen molar-refractivity contribution in [2.24, 2.45) is 5.41 Å². The van der Waals surface area contributed by atoms with E-state index < -0.39 is 5.41 Å². The van der Waals surface area contributed by atoms with Gasteiger partial charge >= 0.3 is 0 Å². The molecule has 3 nitrogen and oxygen atoms in total. The Morgan fingerprint density at radius 3 is 2.52 bits per heavy atom. The fourth-order valence-electron chi connectivity index (χ4n) is 1.51. The van der Waals surface area contributed by atoms with Gasteiger partial charge in [0.15, 0.2) is 5.05 Å². The van der Waals surface area contributed by atoms with Crippen molar-refractivity contribution >= 4 is 46.4 Å². The number of carbonyl (C=O) groups excluding carboxylic acids is 1. The Labute approximate surface area is 141 Å². The molecule has 0 fully saturated rings. The van der Waals surface area contributed by atoms with Gasteiger partial charge in [-0.3, -0.25) is 4.79 Å². The van der Waals surface area contributed by atoms with Crippen LogP contribution >= 0.6 is 35.4 Å². The van der Waals surface area contributed by atoms with Gasteiger partial charge in [0, 0.05) is 17.3 Å². The molecule has 21 heavy (non-hydrogen) atoms.